The van der Waals surface area contributed by atoms with Crippen molar-refractivity contribution in [1.82, 2.24) is 15.1 Å². The van der Waals surface area contributed by atoms with Gasteiger partial charge < -0.3 is 5.73 Å². The first-order chi connectivity index (χ1) is 10.0. The Kier molecular flexibility index (Phi) is 4.26. The summed E-state index contributed by atoms with van der Waals surface area (Å²) in [6.07, 6.45) is 4.89. The van der Waals surface area contributed by atoms with E-state index in [2.05, 4.69) is 29.0 Å². The van der Waals surface area contributed by atoms with Gasteiger partial charge in [0.1, 0.15) is 5.54 Å². The van der Waals surface area contributed by atoms with Crippen LogP contribution in [0.5, 0.6) is 0 Å². The minimum Gasteiger partial charge on any atom is -0.368 e. The van der Waals surface area contributed by atoms with Crippen molar-refractivity contribution in [3.63, 3.8) is 0 Å². The van der Waals surface area contributed by atoms with E-state index >= 15 is 0 Å². The van der Waals surface area contributed by atoms with Crippen LogP contribution in [0.1, 0.15) is 39.5 Å². The molecule has 0 aromatic carbocycles. The van der Waals surface area contributed by atoms with Crippen LogP contribution < -0.4 is 11.1 Å². The summed E-state index contributed by atoms with van der Waals surface area (Å²) >= 11 is 0. The molecule has 3 aliphatic rings. The van der Waals surface area contributed by atoms with E-state index in [4.69, 9.17) is 5.73 Å². The number of carbonyl (C=O) groups excluding carboxylic acids is 1. The van der Waals surface area contributed by atoms with Crippen LogP contribution in [0.4, 0.5) is 0 Å². The van der Waals surface area contributed by atoms with E-state index in [1.165, 1.54) is 19.4 Å². The van der Waals surface area contributed by atoms with Crippen LogP contribution in [0.3, 0.4) is 0 Å². The molecule has 0 spiro atoms. The highest BCUT2D eigenvalue weighted by molar-refractivity contribution is 5.86. The summed E-state index contributed by atoms with van der Waals surface area (Å²) in [5.41, 5.74) is 5.33. The predicted molar refractivity (Wildman–Crippen MR) is 84.0 cm³/mol. The number of piperazine rings is 1. The van der Waals surface area contributed by atoms with Crippen LogP contribution in [-0.2, 0) is 4.79 Å². The summed E-state index contributed by atoms with van der Waals surface area (Å²) < 4.78 is 0. The topological polar surface area (TPSA) is 61.6 Å². The first-order valence-corrected chi connectivity index (χ1v) is 8.55. The highest BCUT2D eigenvalue weighted by Crippen LogP contribution is 2.41. The lowest BCUT2D eigenvalue weighted by Gasteiger charge is -2.43. The molecule has 1 amide bonds. The maximum atomic E-state index is 12.3. The summed E-state index contributed by atoms with van der Waals surface area (Å²) in [6.45, 7) is 9.57. The molecule has 0 radical (unpaired) electrons. The summed E-state index contributed by atoms with van der Waals surface area (Å²) in [4.78, 5) is 17.3. The first kappa shape index (κ1) is 15.3. The van der Waals surface area contributed by atoms with Crippen LogP contribution in [-0.4, -0.2) is 66.1 Å². The number of hydrogen-bond donors (Lipinski definition) is 2. The van der Waals surface area contributed by atoms with E-state index in [9.17, 15) is 4.79 Å². The molecule has 0 aromatic heterocycles. The van der Waals surface area contributed by atoms with Crippen LogP contribution in [0.25, 0.3) is 0 Å². The molecule has 1 saturated carbocycles. The maximum absolute atomic E-state index is 12.3. The van der Waals surface area contributed by atoms with E-state index in [1.54, 1.807) is 0 Å². The van der Waals surface area contributed by atoms with Crippen molar-refractivity contribution in [1.29, 1.82) is 0 Å². The lowest BCUT2D eigenvalue weighted by molar-refractivity contribution is -0.127. The normalized spacial score (nSPS) is 30.3. The molecule has 2 aliphatic heterocycles. The smallest absolute Gasteiger partial charge is 0.239 e. The van der Waals surface area contributed by atoms with Gasteiger partial charge in [-0.15, -0.1) is 0 Å². The van der Waals surface area contributed by atoms with Crippen molar-refractivity contribution < 1.29 is 4.79 Å². The zero-order valence-corrected chi connectivity index (χ0v) is 13.5. The molecule has 3 N–H and O–H groups in total. The van der Waals surface area contributed by atoms with Crippen molar-refractivity contribution in [2.45, 2.75) is 57.2 Å². The Balaban J connectivity index is 1.70. The Morgan fingerprint density at radius 2 is 2.05 bits per heavy atom. The fourth-order valence-corrected chi connectivity index (χ4v) is 4.29. The number of nitrogens with one attached hydrogen (secondary N) is 1. The van der Waals surface area contributed by atoms with Gasteiger partial charge in [-0.05, 0) is 52.0 Å². The highest BCUT2D eigenvalue weighted by atomic mass is 16.1. The molecule has 2 saturated heterocycles. The molecule has 3 fully saturated rings. The molecule has 2 unspecified atom stereocenters. The maximum Gasteiger partial charge on any atom is 0.239 e. The molecule has 3 rings (SSSR count). The van der Waals surface area contributed by atoms with Gasteiger partial charge in [0.25, 0.3) is 0 Å². The van der Waals surface area contributed by atoms with Gasteiger partial charge in [-0.25, -0.2) is 0 Å². The Bertz CT molecular complexity index is 396. The van der Waals surface area contributed by atoms with E-state index < -0.39 is 5.54 Å². The van der Waals surface area contributed by atoms with Gasteiger partial charge >= 0.3 is 0 Å². The van der Waals surface area contributed by atoms with Gasteiger partial charge in [0.15, 0.2) is 0 Å². The van der Waals surface area contributed by atoms with Crippen molar-refractivity contribution in [2.24, 2.45) is 11.7 Å². The molecule has 2 atom stereocenters. The molecule has 1 aliphatic carbocycles. The minimum atomic E-state index is -0.519. The lowest BCUT2D eigenvalue weighted by atomic mass is 9.89. The number of primary amides is 1. The van der Waals surface area contributed by atoms with Crippen molar-refractivity contribution in [3.05, 3.63) is 0 Å². The third-order valence-electron chi connectivity index (χ3n) is 5.40. The molecule has 5 nitrogen and oxygen atoms in total. The number of hydrogen-bond acceptors (Lipinski definition) is 4. The lowest BCUT2D eigenvalue weighted by Crippen LogP contribution is -2.66. The average Bonchev–Trinajstić information content (AvgIpc) is 3.16. The van der Waals surface area contributed by atoms with Gasteiger partial charge in [0, 0.05) is 38.3 Å². The van der Waals surface area contributed by atoms with E-state index in [1.807, 2.05) is 0 Å². The van der Waals surface area contributed by atoms with Gasteiger partial charge in [0.05, 0.1) is 0 Å². The second-order valence-electron chi connectivity index (χ2n) is 7.48. The molecule has 0 bridgehead atoms. The third-order valence-corrected chi connectivity index (χ3v) is 5.40. The second kappa shape index (κ2) is 5.86. The number of nitrogens with zero attached hydrogens (tertiary/aromatic N) is 2. The minimum absolute atomic E-state index is 0.160. The van der Waals surface area contributed by atoms with Gasteiger partial charge in [-0.1, -0.05) is 0 Å². The Labute approximate surface area is 128 Å². The number of amides is 1. The monoisotopic (exact) mass is 294 g/mol. The van der Waals surface area contributed by atoms with E-state index in [-0.39, 0.29) is 11.9 Å². The van der Waals surface area contributed by atoms with Crippen LogP contribution >= 0.6 is 0 Å². The molecule has 0 aromatic rings. The quantitative estimate of drug-likeness (QED) is 0.744. The molecule has 21 heavy (non-hydrogen) atoms. The fraction of sp³-hybridized carbons (Fsp3) is 0.938. The first-order valence-electron chi connectivity index (χ1n) is 8.55. The van der Waals surface area contributed by atoms with Gasteiger partial charge in [-0.3, -0.25) is 19.9 Å². The second-order valence-corrected chi connectivity index (χ2v) is 7.48. The van der Waals surface area contributed by atoms with Crippen LogP contribution in [0.15, 0.2) is 0 Å². The van der Waals surface area contributed by atoms with Crippen molar-refractivity contribution in [2.75, 3.05) is 32.7 Å². The third kappa shape index (κ3) is 3.10. The van der Waals surface area contributed by atoms with Gasteiger partial charge in [0.2, 0.25) is 5.91 Å². The van der Waals surface area contributed by atoms with Gasteiger partial charge in [-0.2, -0.15) is 0 Å². The molecule has 120 valence electrons. The number of nitrogens with two attached hydrogens (primary N) is 1. The molecular weight excluding hydrogens is 264 g/mol. The Hall–Kier alpha value is -0.650. The number of carbonyl (C=O) groups is 1. The molecular formula is C16H30N4O. The van der Waals surface area contributed by atoms with E-state index in [0.29, 0.717) is 12.0 Å². The Morgan fingerprint density at radius 1 is 1.29 bits per heavy atom. The highest BCUT2D eigenvalue weighted by Gasteiger charge is 2.51. The van der Waals surface area contributed by atoms with E-state index in [0.717, 1.165) is 39.0 Å². The predicted octanol–water partition coefficient (Wildman–Crippen LogP) is 0.399. The fourth-order valence-electron chi connectivity index (χ4n) is 4.29. The van der Waals surface area contributed by atoms with Crippen LogP contribution in [0, 0.1) is 5.92 Å². The molecule has 2 heterocycles. The standard InChI is InChI=1S/C16H30N4O/c1-12(2)18-16(15(17)21,13-5-6-13)11-19-8-9-20-7-3-4-14(20)10-19/h12-14,18H,3-11H2,1-2H3,(H2,17,21). The number of fused-ring (bicyclic) bond motifs is 1. The largest absolute Gasteiger partial charge is 0.368 e. The zero-order chi connectivity index (χ0) is 15.0. The zero-order valence-electron chi connectivity index (χ0n) is 13.5. The summed E-state index contributed by atoms with van der Waals surface area (Å²) in [5.74, 6) is 0.270. The Morgan fingerprint density at radius 3 is 2.67 bits per heavy atom. The molecule has 5 heteroatoms. The summed E-state index contributed by atoms with van der Waals surface area (Å²) in [6, 6.07) is 0.980. The summed E-state index contributed by atoms with van der Waals surface area (Å²) in [7, 11) is 0. The van der Waals surface area contributed by atoms with Crippen molar-refractivity contribution in [3.8, 4) is 0 Å². The average molecular weight is 294 g/mol. The number of rotatable bonds is 6. The van der Waals surface area contributed by atoms with Crippen molar-refractivity contribution >= 4 is 5.91 Å². The summed E-state index contributed by atoms with van der Waals surface area (Å²) in [5, 5.41) is 3.53. The van der Waals surface area contributed by atoms with Crippen LogP contribution in [0.2, 0.25) is 0 Å². The SMILES string of the molecule is CC(C)NC(CN1CCN2CCCC2C1)(C(N)=O)C1CC1.